The van der Waals surface area contributed by atoms with Crippen molar-refractivity contribution in [3.8, 4) is 0 Å². The monoisotopic (exact) mass is 175 g/mol. The van der Waals surface area contributed by atoms with Gasteiger partial charge in [0.15, 0.2) is 0 Å². The molecule has 0 radical (unpaired) electrons. The van der Waals surface area contributed by atoms with Crippen molar-refractivity contribution in [2.24, 2.45) is 0 Å². The van der Waals surface area contributed by atoms with E-state index < -0.39 is 0 Å². The normalized spacial score (nSPS) is 19.1. The van der Waals surface area contributed by atoms with Gasteiger partial charge < -0.3 is 0 Å². The van der Waals surface area contributed by atoms with E-state index in [2.05, 4.69) is 37.9 Å². The molecule has 1 aliphatic carbocycles. The maximum atomic E-state index is 4.53. The van der Waals surface area contributed by atoms with Crippen LogP contribution in [0, 0.1) is 0 Å². The van der Waals surface area contributed by atoms with Crippen LogP contribution in [-0.2, 0) is 5.41 Å². The van der Waals surface area contributed by atoms with E-state index in [0.29, 0.717) is 11.3 Å². The zero-order valence-electron chi connectivity index (χ0n) is 8.67. The Morgan fingerprint density at radius 1 is 1.31 bits per heavy atom. The molecule has 1 heteroatoms. The van der Waals surface area contributed by atoms with Crippen LogP contribution in [0.1, 0.15) is 50.8 Å². The van der Waals surface area contributed by atoms with Crippen molar-refractivity contribution in [2.45, 2.75) is 44.9 Å². The fourth-order valence-electron chi connectivity index (χ4n) is 1.55. The van der Waals surface area contributed by atoms with Crippen molar-refractivity contribution < 1.29 is 0 Å². The summed E-state index contributed by atoms with van der Waals surface area (Å²) in [7, 11) is 0. The van der Waals surface area contributed by atoms with Gasteiger partial charge in [-0.05, 0) is 30.4 Å². The molecule has 0 spiro atoms. The molecule has 70 valence electrons. The Kier molecular flexibility index (Phi) is 1.90. The zero-order chi connectivity index (χ0) is 9.47. The van der Waals surface area contributed by atoms with E-state index in [4.69, 9.17) is 0 Å². The fraction of sp³-hybridized carbons (Fsp3) is 0.583. The topological polar surface area (TPSA) is 12.9 Å². The standard InChI is InChI=1S/C12H17N/c1-9(2)10-4-5-11(13-8-10)12(3)6-7-12/h4-5,8-9H,6-7H2,1-3H3. The summed E-state index contributed by atoms with van der Waals surface area (Å²) in [5, 5.41) is 0. The van der Waals surface area contributed by atoms with Crippen LogP contribution in [0.5, 0.6) is 0 Å². The highest BCUT2D eigenvalue weighted by Gasteiger charge is 2.40. The molecule has 0 aliphatic heterocycles. The van der Waals surface area contributed by atoms with Crippen molar-refractivity contribution in [3.05, 3.63) is 29.6 Å². The quantitative estimate of drug-likeness (QED) is 0.672. The number of aromatic nitrogens is 1. The predicted molar refractivity (Wildman–Crippen MR) is 54.9 cm³/mol. The Bertz CT molecular complexity index is 293. The van der Waals surface area contributed by atoms with Crippen LogP contribution in [0.3, 0.4) is 0 Å². The molecular weight excluding hydrogens is 158 g/mol. The van der Waals surface area contributed by atoms with Crippen LogP contribution < -0.4 is 0 Å². The van der Waals surface area contributed by atoms with Crippen molar-refractivity contribution in [3.63, 3.8) is 0 Å². The van der Waals surface area contributed by atoms with Crippen molar-refractivity contribution in [1.29, 1.82) is 0 Å². The summed E-state index contributed by atoms with van der Waals surface area (Å²) >= 11 is 0. The molecule has 1 fully saturated rings. The van der Waals surface area contributed by atoms with Crippen molar-refractivity contribution in [1.82, 2.24) is 4.98 Å². The maximum Gasteiger partial charge on any atom is 0.0462 e. The number of nitrogens with zero attached hydrogens (tertiary/aromatic N) is 1. The second kappa shape index (κ2) is 2.83. The van der Waals surface area contributed by atoms with Crippen LogP contribution in [0.2, 0.25) is 0 Å². The molecule has 13 heavy (non-hydrogen) atoms. The Hall–Kier alpha value is -0.850. The molecule has 1 aromatic heterocycles. The fourth-order valence-corrected chi connectivity index (χ4v) is 1.55. The lowest BCUT2D eigenvalue weighted by Crippen LogP contribution is -2.03. The van der Waals surface area contributed by atoms with Gasteiger partial charge in [-0.15, -0.1) is 0 Å². The molecule has 0 atom stereocenters. The molecule has 1 nitrogen and oxygen atoms in total. The van der Waals surface area contributed by atoms with Gasteiger partial charge in [0.2, 0.25) is 0 Å². The second-order valence-corrected chi connectivity index (χ2v) is 4.69. The highest BCUT2D eigenvalue weighted by Crippen LogP contribution is 2.46. The van der Waals surface area contributed by atoms with Crippen LogP contribution >= 0.6 is 0 Å². The minimum absolute atomic E-state index is 0.412. The van der Waals surface area contributed by atoms with Crippen LogP contribution in [0.4, 0.5) is 0 Å². The average Bonchev–Trinajstić information content (AvgIpc) is 2.85. The summed E-state index contributed by atoms with van der Waals surface area (Å²) in [5.74, 6) is 0.591. The first kappa shape index (κ1) is 8.74. The minimum atomic E-state index is 0.412. The smallest absolute Gasteiger partial charge is 0.0462 e. The van der Waals surface area contributed by atoms with Gasteiger partial charge in [-0.2, -0.15) is 0 Å². The third-order valence-corrected chi connectivity index (χ3v) is 3.07. The lowest BCUT2D eigenvalue weighted by Gasteiger charge is -2.09. The molecule has 0 amide bonds. The van der Waals surface area contributed by atoms with Gasteiger partial charge in [0, 0.05) is 17.3 Å². The second-order valence-electron chi connectivity index (χ2n) is 4.69. The van der Waals surface area contributed by atoms with E-state index in [1.54, 1.807) is 0 Å². The van der Waals surface area contributed by atoms with E-state index in [0.717, 1.165) is 0 Å². The molecule has 1 heterocycles. The van der Waals surface area contributed by atoms with E-state index in [1.807, 2.05) is 6.20 Å². The molecule has 0 aromatic carbocycles. The molecule has 0 N–H and O–H groups in total. The maximum absolute atomic E-state index is 4.53. The van der Waals surface area contributed by atoms with Gasteiger partial charge in [-0.1, -0.05) is 26.8 Å². The number of hydrogen-bond donors (Lipinski definition) is 0. The first-order valence-electron chi connectivity index (χ1n) is 5.08. The third-order valence-electron chi connectivity index (χ3n) is 3.07. The van der Waals surface area contributed by atoms with Gasteiger partial charge in [-0.25, -0.2) is 0 Å². The van der Waals surface area contributed by atoms with E-state index >= 15 is 0 Å². The first-order valence-corrected chi connectivity index (χ1v) is 5.08. The molecule has 0 unspecified atom stereocenters. The van der Waals surface area contributed by atoms with Crippen LogP contribution in [0.25, 0.3) is 0 Å². The molecule has 2 rings (SSSR count). The van der Waals surface area contributed by atoms with Gasteiger partial charge >= 0.3 is 0 Å². The van der Waals surface area contributed by atoms with Gasteiger partial charge in [0.25, 0.3) is 0 Å². The van der Waals surface area contributed by atoms with Gasteiger partial charge in [0.1, 0.15) is 0 Å². The Morgan fingerprint density at radius 3 is 2.38 bits per heavy atom. The molecule has 1 saturated carbocycles. The lowest BCUT2D eigenvalue weighted by molar-refractivity contribution is 0.742. The van der Waals surface area contributed by atoms with Gasteiger partial charge in [-0.3, -0.25) is 4.98 Å². The van der Waals surface area contributed by atoms with Crippen molar-refractivity contribution in [2.75, 3.05) is 0 Å². The lowest BCUT2D eigenvalue weighted by atomic mass is 10.0. The molecule has 1 aliphatic rings. The van der Waals surface area contributed by atoms with Crippen LogP contribution in [0.15, 0.2) is 18.3 Å². The number of pyridine rings is 1. The Labute approximate surface area is 80.2 Å². The number of hydrogen-bond acceptors (Lipinski definition) is 1. The third kappa shape index (κ3) is 1.60. The first-order chi connectivity index (χ1) is 6.12. The number of rotatable bonds is 2. The molecule has 0 bridgehead atoms. The van der Waals surface area contributed by atoms with E-state index in [1.165, 1.54) is 24.1 Å². The van der Waals surface area contributed by atoms with Crippen molar-refractivity contribution >= 4 is 0 Å². The summed E-state index contributed by atoms with van der Waals surface area (Å²) in [6.45, 7) is 6.70. The predicted octanol–water partition coefficient (Wildman–Crippen LogP) is 3.26. The summed E-state index contributed by atoms with van der Waals surface area (Å²) in [5.41, 5.74) is 3.03. The summed E-state index contributed by atoms with van der Waals surface area (Å²) in [6.07, 6.45) is 4.64. The SMILES string of the molecule is CC(C)c1ccc(C2(C)CC2)nc1. The zero-order valence-corrected chi connectivity index (χ0v) is 8.67. The molecule has 0 saturated heterocycles. The van der Waals surface area contributed by atoms with E-state index in [-0.39, 0.29) is 0 Å². The molecular formula is C12H17N. The van der Waals surface area contributed by atoms with Crippen LogP contribution in [-0.4, -0.2) is 4.98 Å². The summed E-state index contributed by atoms with van der Waals surface area (Å²) in [6, 6.07) is 4.42. The van der Waals surface area contributed by atoms with Gasteiger partial charge in [0.05, 0.1) is 0 Å². The molecule has 1 aromatic rings. The summed E-state index contributed by atoms with van der Waals surface area (Å²) < 4.78 is 0. The Balaban J connectivity index is 2.24. The minimum Gasteiger partial charge on any atom is -0.260 e. The average molecular weight is 175 g/mol. The summed E-state index contributed by atoms with van der Waals surface area (Å²) in [4.78, 5) is 4.53. The largest absolute Gasteiger partial charge is 0.260 e. The highest BCUT2D eigenvalue weighted by molar-refractivity contribution is 5.26. The Morgan fingerprint density at radius 2 is 2.00 bits per heavy atom. The highest BCUT2D eigenvalue weighted by atomic mass is 14.7. The van der Waals surface area contributed by atoms with E-state index in [9.17, 15) is 0 Å².